The van der Waals surface area contributed by atoms with Gasteiger partial charge < -0.3 is 25.3 Å². The second kappa shape index (κ2) is 12.6. The Hall–Kier alpha value is -7.76. The second-order valence-electron chi connectivity index (χ2n) is 17.4. The number of aromatic hydroxyl groups is 4. The molecule has 9 aromatic rings. The molecule has 0 bridgehead atoms. The van der Waals surface area contributed by atoms with E-state index in [4.69, 9.17) is 0 Å². The monoisotopic (exact) mass is 803 g/mol. The van der Waals surface area contributed by atoms with E-state index in [9.17, 15) is 20.4 Å². The average molecular weight is 804 g/mol. The van der Waals surface area contributed by atoms with Gasteiger partial charge in [-0.05, 0) is 115 Å². The predicted octanol–water partition coefficient (Wildman–Crippen LogP) is 13.8. The number of fused-ring (bicyclic) bond motifs is 15. The number of phenolic OH excluding ortho intramolecular Hbond substituents is 4. The molecule has 62 heavy (non-hydrogen) atoms. The Morgan fingerprint density at radius 1 is 0.387 bits per heavy atom. The first-order valence-corrected chi connectivity index (χ1v) is 21.1. The Morgan fingerprint density at radius 2 is 0.887 bits per heavy atom. The topological polar surface area (TPSA) is 84.2 Å². The van der Waals surface area contributed by atoms with Gasteiger partial charge in [-0.25, -0.2) is 0 Å². The zero-order valence-electron chi connectivity index (χ0n) is 34.4. The van der Waals surface area contributed by atoms with Gasteiger partial charge in [-0.1, -0.05) is 153 Å². The molecule has 5 heteroatoms. The molecule has 0 amide bonds. The molecule has 298 valence electrons. The number of benzene rings is 9. The molecule has 4 N–H and O–H groups in total. The molecule has 3 aliphatic rings. The zero-order chi connectivity index (χ0) is 42.2. The Balaban J connectivity index is 1.16. The molecular weight excluding hydrogens is 763 g/mol. The van der Waals surface area contributed by atoms with Crippen LogP contribution in [0, 0.1) is 6.92 Å². The lowest BCUT2D eigenvalue weighted by molar-refractivity contribution is 0.360. The van der Waals surface area contributed by atoms with Gasteiger partial charge in [0.15, 0.2) is 11.5 Å². The van der Waals surface area contributed by atoms with E-state index in [1.54, 1.807) is 0 Å². The summed E-state index contributed by atoms with van der Waals surface area (Å²) >= 11 is 0. The molecule has 0 aliphatic heterocycles. The van der Waals surface area contributed by atoms with Crippen molar-refractivity contribution in [3.8, 4) is 67.5 Å². The SMILES string of the molecule is Cc1c(O)c(O)c(O)c(-c2ccc(N(c3ccc4c(c3)C(C)(C)c3ccccc3-4)c3cc4c(c5ccccc35)-c3ccccc3C43c4ccccc4-c4ccccc43)cc2)c1O. The fraction of sp³-hybridized carbons (Fsp3) is 0.0877. The molecule has 0 atom stereocenters. The van der Waals surface area contributed by atoms with E-state index in [0.29, 0.717) is 5.56 Å². The lowest BCUT2D eigenvalue weighted by Gasteiger charge is -2.33. The van der Waals surface area contributed by atoms with Crippen molar-refractivity contribution in [1.82, 2.24) is 0 Å². The van der Waals surface area contributed by atoms with E-state index in [-0.39, 0.29) is 22.3 Å². The third-order valence-electron chi connectivity index (χ3n) is 14.1. The van der Waals surface area contributed by atoms with Gasteiger partial charge in [0.25, 0.3) is 0 Å². The first-order chi connectivity index (χ1) is 30.1. The van der Waals surface area contributed by atoms with Crippen LogP contribution in [0.2, 0.25) is 0 Å². The minimum Gasteiger partial charge on any atom is -0.507 e. The summed E-state index contributed by atoms with van der Waals surface area (Å²) in [5, 5.41) is 45.4. The van der Waals surface area contributed by atoms with Crippen LogP contribution in [0.25, 0.3) is 55.3 Å². The van der Waals surface area contributed by atoms with Crippen LogP contribution < -0.4 is 4.90 Å². The molecule has 5 nitrogen and oxygen atoms in total. The van der Waals surface area contributed by atoms with Crippen molar-refractivity contribution >= 4 is 27.8 Å². The maximum absolute atomic E-state index is 11.2. The molecule has 0 heterocycles. The van der Waals surface area contributed by atoms with Crippen molar-refractivity contribution < 1.29 is 20.4 Å². The molecular formula is C57H41NO4. The zero-order valence-corrected chi connectivity index (χ0v) is 34.4. The van der Waals surface area contributed by atoms with Gasteiger partial charge in [0.1, 0.15) is 5.75 Å². The third kappa shape index (κ3) is 4.52. The first-order valence-electron chi connectivity index (χ1n) is 21.1. The average Bonchev–Trinajstić information content (AvgIpc) is 3.87. The Morgan fingerprint density at radius 3 is 1.53 bits per heavy atom. The number of nitrogens with zero attached hydrogens (tertiary/aromatic N) is 1. The summed E-state index contributed by atoms with van der Waals surface area (Å²) in [6.07, 6.45) is 0. The summed E-state index contributed by atoms with van der Waals surface area (Å²) in [4.78, 5) is 2.34. The summed E-state index contributed by atoms with van der Waals surface area (Å²) in [5.41, 5.74) is 17.7. The number of anilines is 3. The molecule has 0 fully saturated rings. The highest BCUT2D eigenvalue weighted by molar-refractivity contribution is 6.12. The third-order valence-corrected chi connectivity index (χ3v) is 14.1. The predicted molar refractivity (Wildman–Crippen MR) is 249 cm³/mol. The van der Waals surface area contributed by atoms with Gasteiger partial charge in [-0.3, -0.25) is 0 Å². The van der Waals surface area contributed by atoms with Crippen molar-refractivity contribution in [2.75, 3.05) is 4.90 Å². The summed E-state index contributed by atoms with van der Waals surface area (Å²) in [7, 11) is 0. The summed E-state index contributed by atoms with van der Waals surface area (Å²) < 4.78 is 0. The molecule has 9 aromatic carbocycles. The molecule has 0 unspecified atom stereocenters. The van der Waals surface area contributed by atoms with Crippen LogP contribution in [-0.2, 0) is 10.8 Å². The highest BCUT2D eigenvalue weighted by atomic mass is 16.3. The van der Waals surface area contributed by atoms with Gasteiger partial charge in [-0.15, -0.1) is 0 Å². The molecule has 0 saturated heterocycles. The van der Waals surface area contributed by atoms with E-state index in [2.05, 4.69) is 164 Å². The molecule has 12 rings (SSSR count). The van der Waals surface area contributed by atoms with Crippen molar-refractivity contribution in [1.29, 1.82) is 0 Å². The van der Waals surface area contributed by atoms with Crippen LogP contribution in [0.3, 0.4) is 0 Å². The van der Waals surface area contributed by atoms with E-state index in [0.717, 1.165) is 27.8 Å². The Bertz CT molecular complexity index is 3320. The van der Waals surface area contributed by atoms with Crippen LogP contribution in [0.1, 0.15) is 52.8 Å². The van der Waals surface area contributed by atoms with Crippen LogP contribution >= 0.6 is 0 Å². The molecule has 1 spiro atoms. The maximum Gasteiger partial charge on any atom is 0.201 e. The fourth-order valence-electron chi connectivity index (χ4n) is 11.2. The smallest absolute Gasteiger partial charge is 0.201 e. The lowest BCUT2D eigenvalue weighted by atomic mass is 9.70. The van der Waals surface area contributed by atoms with Crippen LogP contribution in [0.15, 0.2) is 170 Å². The fourth-order valence-corrected chi connectivity index (χ4v) is 11.2. The van der Waals surface area contributed by atoms with Gasteiger partial charge in [-0.2, -0.15) is 0 Å². The minimum absolute atomic E-state index is 0.0502. The van der Waals surface area contributed by atoms with E-state index >= 15 is 0 Å². The maximum atomic E-state index is 11.2. The largest absolute Gasteiger partial charge is 0.507 e. The normalized spacial score (nSPS) is 14.2. The Labute approximate surface area is 359 Å². The van der Waals surface area contributed by atoms with Gasteiger partial charge in [0.2, 0.25) is 5.75 Å². The molecule has 0 saturated carbocycles. The van der Waals surface area contributed by atoms with Crippen molar-refractivity contribution in [3.63, 3.8) is 0 Å². The number of hydrogen-bond acceptors (Lipinski definition) is 5. The minimum atomic E-state index is -0.669. The lowest BCUT2D eigenvalue weighted by Crippen LogP contribution is -2.26. The van der Waals surface area contributed by atoms with Crippen molar-refractivity contribution in [2.45, 2.75) is 31.6 Å². The van der Waals surface area contributed by atoms with E-state index in [1.165, 1.54) is 73.7 Å². The number of rotatable bonds is 4. The summed E-state index contributed by atoms with van der Waals surface area (Å²) in [6.45, 7) is 6.10. The van der Waals surface area contributed by atoms with Gasteiger partial charge >= 0.3 is 0 Å². The van der Waals surface area contributed by atoms with Crippen molar-refractivity contribution in [3.05, 3.63) is 209 Å². The van der Waals surface area contributed by atoms with Gasteiger partial charge in [0, 0.05) is 27.7 Å². The Kier molecular flexibility index (Phi) is 7.36. The molecule has 3 aliphatic carbocycles. The second-order valence-corrected chi connectivity index (χ2v) is 17.4. The van der Waals surface area contributed by atoms with E-state index < -0.39 is 22.7 Å². The summed E-state index contributed by atoms with van der Waals surface area (Å²) in [6, 6.07) is 61.0. The van der Waals surface area contributed by atoms with E-state index in [1.807, 2.05) is 24.3 Å². The highest BCUT2D eigenvalue weighted by Crippen LogP contribution is 2.65. The highest BCUT2D eigenvalue weighted by Gasteiger charge is 2.52. The van der Waals surface area contributed by atoms with Crippen molar-refractivity contribution in [2.24, 2.45) is 0 Å². The first kappa shape index (κ1) is 36.1. The number of hydrogen-bond donors (Lipinski definition) is 4. The number of phenols is 4. The van der Waals surface area contributed by atoms with Crippen LogP contribution in [-0.4, -0.2) is 20.4 Å². The summed E-state index contributed by atoms with van der Waals surface area (Å²) in [5.74, 6) is -2.10. The molecule has 0 aromatic heterocycles. The van der Waals surface area contributed by atoms with Crippen LogP contribution in [0.5, 0.6) is 23.0 Å². The van der Waals surface area contributed by atoms with Crippen LogP contribution in [0.4, 0.5) is 17.1 Å². The van der Waals surface area contributed by atoms with Gasteiger partial charge in [0.05, 0.1) is 16.7 Å². The quantitative estimate of drug-likeness (QED) is 0.105. The molecule has 0 radical (unpaired) electrons. The standard InChI is InChI=1S/C57H41NO4/c1-32-52(59)50(54(61)55(62)53(32)60)33-24-26-34(27-25-33)58(35-28-29-39-36-14-6-10-20-43(36)56(2,3)47(39)30-35)49-31-48-51(41-18-5-4-17-40(41)49)42-19-9-13-23-46(42)57(48)44-21-11-7-15-37(44)38-16-8-12-22-45(38)57/h4-31,59-62H,1-3H3.